The molecule has 0 aliphatic carbocycles. The van der Waals surface area contributed by atoms with Crippen molar-refractivity contribution in [3.05, 3.63) is 29.8 Å². The maximum Gasteiger partial charge on any atom is 0.254 e. The van der Waals surface area contributed by atoms with Gasteiger partial charge in [0, 0.05) is 44.5 Å². The SMILES string of the molecule is CS(=O)(=O)c1cccc(C(=O)N2CCN3CCNC(=O)[C@@H]3C2)c1. The van der Waals surface area contributed by atoms with Gasteiger partial charge in [-0.05, 0) is 18.2 Å². The second kappa shape index (κ2) is 5.93. The second-order valence-corrected chi connectivity index (χ2v) is 7.91. The molecule has 1 atom stereocenters. The average Bonchev–Trinajstić information content (AvgIpc) is 2.54. The van der Waals surface area contributed by atoms with Gasteiger partial charge < -0.3 is 10.2 Å². The van der Waals surface area contributed by atoms with Crippen molar-refractivity contribution >= 4 is 21.7 Å². The highest BCUT2D eigenvalue weighted by Crippen LogP contribution is 2.17. The van der Waals surface area contributed by atoms with Gasteiger partial charge in [-0.1, -0.05) is 6.07 Å². The van der Waals surface area contributed by atoms with Crippen LogP contribution in [0.15, 0.2) is 29.2 Å². The van der Waals surface area contributed by atoms with E-state index in [2.05, 4.69) is 10.2 Å². The first-order valence-corrected chi connectivity index (χ1v) is 9.36. The van der Waals surface area contributed by atoms with Crippen molar-refractivity contribution in [2.45, 2.75) is 10.9 Å². The van der Waals surface area contributed by atoms with Crippen LogP contribution in [0.25, 0.3) is 0 Å². The van der Waals surface area contributed by atoms with Crippen LogP contribution in [0, 0.1) is 0 Å². The Morgan fingerprint density at radius 3 is 2.78 bits per heavy atom. The van der Waals surface area contributed by atoms with Crippen molar-refractivity contribution in [1.29, 1.82) is 0 Å². The number of piperazine rings is 2. The lowest BCUT2D eigenvalue weighted by atomic mass is 10.1. The van der Waals surface area contributed by atoms with Crippen molar-refractivity contribution in [2.75, 3.05) is 39.0 Å². The van der Waals surface area contributed by atoms with Crippen LogP contribution in [0.2, 0.25) is 0 Å². The summed E-state index contributed by atoms with van der Waals surface area (Å²) in [4.78, 5) is 28.4. The lowest BCUT2D eigenvalue weighted by Gasteiger charge is -2.43. The zero-order valence-electron chi connectivity index (χ0n) is 12.9. The van der Waals surface area contributed by atoms with Crippen molar-refractivity contribution in [1.82, 2.24) is 15.1 Å². The Morgan fingerprint density at radius 1 is 1.26 bits per heavy atom. The first kappa shape index (κ1) is 15.9. The molecule has 7 nitrogen and oxygen atoms in total. The molecule has 3 rings (SSSR count). The van der Waals surface area contributed by atoms with Crippen LogP contribution in [-0.4, -0.2) is 75.1 Å². The molecule has 0 aromatic heterocycles. The predicted octanol–water partition coefficient (Wildman–Crippen LogP) is -0.654. The van der Waals surface area contributed by atoms with Crippen molar-refractivity contribution in [3.63, 3.8) is 0 Å². The first-order valence-electron chi connectivity index (χ1n) is 7.47. The number of fused-ring (bicyclic) bond motifs is 1. The molecule has 2 heterocycles. The van der Waals surface area contributed by atoms with Crippen molar-refractivity contribution in [3.8, 4) is 0 Å². The van der Waals surface area contributed by atoms with Gasteiger partial charge >= 0.3 is 0 Å². The molecule has 1 aromatic rings. The molecule has 0 bridgehead atoms. The van der Waals surface area contributed by atoms with Crippen LogP contribution in [0.3, 0.4) is 0 Å². The highest BCUT2D eigenvalue weighted by molar-refractivity contribution is 7.90. The Balaban J connectivity index is 1.80. The zero-order valence-corrected chi connectivity index (χ0v) is 13.7. The lowest BCUT2D eigenvalue weighted by Crippen LogP contribution is -2.64. The molecule has 2 aliphatic rings. The maximum atomic E-state index is 12.6. The van der Waals surface area contributed by atoms with Gasteiger partial charge in [-0.25, -0.2) is 8.42 Å². The van der Waals surface area contributed by atoms with Gasteiger partial charge in [0.25, 0.3) is 5.91 Å². The Morgan fingerprint density at radius 2 is 2.04 bits per heavy atom. The smallest absolute Gasteiger partial charge is 0.254 e. The monoisotopic (exact) mass is 337 g/mol. The number of carbonyl (C=O) groups is 2. The lowest BCUT2D eigenvalue weighted by molar-refractivity contribution is -0.131. The topological polar surface area (TPSA) is 86.8 Å². The number of sulfone groups is 1. The highest BCUT2D eigenvalue weighted by Gasteiger charge is 2.36. The number of benzene rings is 1. The van der Waals surface area contributed by atoms with Gasteiger partial charge in [0.05, 0.1) is 4.90 Å². The summed E-state index contributed by atoms with van der Waals surface area (Å²) in [6, 6.07) is 5.71. The number of hydrogen-bond donors (Lipinski definition) is 1. The third-order valence-electron chi connectivity index (χ3n) is 4.29. The van der Waals surface area contributed by atoms with Gasteiger partial charge in [-0.2, -0.15) is 0 Å². The number of nitrogens with one attached hydrogen (secondary N) is 1. The largest absolute Gasteiger partial charge is 0.353 e. The fourth-order valence-corrected chi connectivity index (χ4v) is 3.67. The number of carbonyl (C=O) groups excluding carboxylic acids is 2. The van der Waals surface area contributed by atoms with Crippen LogP contribution in [-0.2, 0) is 14.6 Å². The quantitative estimate of drug-likeness (QED) is 0.775. The van der Waals surface area contributed by atoms with Gasteiger partial charge in [-0.3, -0.25) is 14.5 Å². The molecule has 2 amide bonds. The van der Waals surface area contributed by atoms with Crippen molar-refractivity contribution < 1.29 is 18.0 Å². The molecular weight excluding hydrogens is 318 g/mol. The van der Waals surface area contributed by atoms with Crippen LogP contribution in [0.5, 0.6) is 0 Å². The van der Waals surface area contributed by atoms with Crippen LogP contribution >= 0.6 is 0 Å². The molecule has 2 saturated heterocycles. The van der Waals surface area contributed by atoms with Gasteiger partial charge in [0.1, 0.15) is 6.04 Å². The summed E-state index contributed by atoms with van der Waals surface area (Å²) in [5.74, 6) is -0.299. The maximum absolute atomic E-state index is 12.6. The molecule has 2 fully saturated rings. The summed E-state index contributed by atoms with van der Waals surface area (Å²) < 4.78 is 23.3. The summed E-state index contributed by atoms with van der Waals surface area (Å²) in [7, 11) is -3.36. The number of rotatable bonds is 2. The molecule has 1 N–H and O–H groups in total. The fraction of sp³-hybridized carbons (Fsp3) is 0.467. The third-order valence-corrected chi connectivity index (χ3v) is 5.40. The van der Waals surface area contributed by atoms with Crippen LogP contribution < -0.4 is 5.32 Å². The molecule has 1 aromatic carbocycles. The fourth-order valence-electron chi connectivity index (χ4n) is 3.00. The summed E-state index contributed by atoms with van der Waals surface area (Å²) in [6.07, 6.45) is 1.11. The minimum atomic E-state index is -3.36. The minimum Gasteiger partial charge on any atom is -0.353 e. The second-order valence-electron chi connectivity index (χ2n) is 5.89. The molecule has 0 radical (unpaired) electrons. The number of hydrogen-bond acceptors (Lipinski definition) is 5. The van der Waals surface area contributed by atoms with Crippen molar-refractivity contribution in [2.24, 2.45) is 0 Å². The first-order chi connectivity index (χ1) is 10.9. The predicted molar refractivity (Wildman–Crippen MR) is 83.8 cm³/mol. The molecule has 124 valence electrons. The third kappa shape index (κ3) is 3.23. The van der Waals surface area contributed by atoms with E-state index in [0.29, 0.717) is 31.7 Å². The molecular formula is C15H19N3O4S. The Hall–Kier alpha value is -1.93. The highest BCUT2D eigenvalue weighted by atomic mass is 32.2. The molecule has 0 unspecified atom stereocenters. The molecule has 0 saturated carbocycles. The standard InChI is InChI=1S/C15H19N3O4S/c1-23(21,22)12-4-2-3-11(9-12)15(20)18-8-7-17-6-5-16-14(19)13(17)10-18/h2-4,9,13H,5-8,10H2,1H3,(H,16,19)/t13-/m0/s1. The van der Waals surface area contributed by atoms with Crippen LogP contribution in [0.1, 0.15) is 10.4 Å². The summed E-state index contributed by atoms with van der Waals surface area (Å²) in [5.41, 5.74) is 0.331. The van der Waals surface area contributed by atoms with Gasteiger partial charge in [0.2, 0.25) is 5.91 Å². The average molecular weight is 337 g/mol. The van der Waals surface area contributed by atoms with E-state index in [1.807, 2.05) is 0 Å². The van der Waals surface area contributed by atoms with E-state index >= 15 is 0 Å². The van der Waals surface area contributed by atoms with E-state index in [0.717, 1.165) is 12.8 Å². The molecule has 0 spiro atoms. The zero-order chi connectivity index (χ0) is 16.6. The van der Waals surface area contributed by atoms with E-state index < -0.39 is 9.84 Å². The molecule has 23 heavy (non-hydrogen) atoms. The number of amides is 2. The summed E-state index contributed by atoms with van der Waals surface area (Å²) in [6.45, 7) is 2.94. The normalized spacial score (nSPS) is 22.4. The van der Waals surface area contributed by atoms with Crippen LogP contribution in [0.4, 0.5) is 0 Å². The summed E-state index contributed by atoms with van der Waals surface area (Å²) >= 11 is 0. The molecule has 2 aliphatic heterocycles. The van der Waals surface area contributed by atoms with E-state index in [1.165, 1.54) is 12.1 Å². The Kier molecular flexibility index (Phi) is 4.11. The van der Waals surface area contributed by atoms with E-state index in [4.69, 9.17) is 0 Å². The van der Waals surface area contributed by atoms with E-state index in [1.54, 1.807) is 17.0 Å². The summed E-state index contributed by atoms with van der Waals surface area (Å²) in [5, 5.41) is 2.81. The molecule has 8 heteroatoms. The Bertz CT molecular complexity index is 747. The van der Waals surface area contributed by atoms with E-state index in [9.17, 15) is 18.0 Å². The minimum absolute atomic E-state index is 0.0568. The van der Waals surface area contributed by atoms with Gasteiger partial charge in [-0.15, -0.1) is 0 Å². The van der Waals surface area contributed by atoms with E-state index in [-0.39, 0.29) is 22.8 Å². The number of nitrogens with zero attached hydrogens (tertiary/aromatic N) is 2. The Labute approximate surface area is 135 Å². The van der Waals surface area contributed by atoms with Gasteiger partial charge in [0.15, 0.2) is 9.84 Å².